The fourth-order valence-corrected chi connectivity index (χ4v) is 3.29. The highest BCUT2D eigenvalue weighted by molar-refractivity contribution is 9.10. The van der Waals surface area contributed by atoms with Gasteiger partial charge in [-0.25, -0.2) is 0 Å². The summed E-state index contributed by atoms with van der Waals surface area (Å²) in [5.41, 5.74) is 3.74. The lowest BCUT2D eigenvalue weighted by atomic mass is 10.0. The van der Waals surface area contributed by atoms with Crippen molar-refractivity contribution in [1.29, 1.82) is 0 Å². The molecule has 0 saturated carbocycles. The minimum absolute atomic E-state index is 0.165. The SMILES string of the molecule is CCc1ccc(C(Br)c2cc(Cl)cc(Br)c2)cc1. The standard InChI is InChI=1S/C15H13Br2Cl/c1-2-10-3-5-11(6-4-10)15(17)12-7-13(16)9-14(18)8-12/h3-9,15H,2H2,1H3. The summed E-state index contributed by atoms with van der Waals surface area (Å²) in [5.74, 6) is 0. The lowest BCUT2D eigenvalue weighted by molar-refractivity contribution is 1.11. The predicted octanol–water partition coefficient (Wildman–Crippen LogP) is 6.15. The van der Waals surface area contributed by atoms with Crippen LogP contribution in [-0.4, -0.2) is 0 Å². The Kier molecular flexibility index (Phi) is 4.88. The molecule has 0 heterocycles. The first-order valence-corrected chi connectivity index (χ1v) is 7.87. The minimum Gasteiger partial charge on any atom is -0.0843 e. The van der Waals surface area contributed by atoms with Gasteiger partial charge in [0.25, 0.3) is 0 Å². The Morgan fingerprint density at radius 3 is 2.28 bits per heavy atom. The summed E-state index contributed by atoms with van der Waals surface area (Å²) in [7, 11) is 0. The second-order valence-corrected chi connectivity index (χ2v) is 6.43. The van der Waals surface area contributed by atoms with Crippen molar-refractivity contribution in [2.75, 3.05) is 0 Å². The maximum Gasteiger partial charge on any atom is 0.0645 e. The van der Waals surface area contributed by atoms with Crippen molar-refractivity contribution in [2.45, 2.75) is 18.2 Å². The van der Waals surface area contributed by atoms with Crippen molar-refractivity contribution < 1.29 is 0 Å². The zero-order valence-corrected chi connectivity index (χ0v) is 13.9. The maximum atomic E-state index is 6.08. The van der Waals surface area contributed by atoms with Gasteiger partial charge < -0.3 is 0 Å². The molecule has 3 heteroatoms. The normalized spacial score (nSPS) is 12.4. The highest BCUT2D eigenvalue weighted by Gasteiger charge is 2.11. The Labute approximate surface area is 130 Å². The summed E-state index contributed by atoms with van der Waals surface area (Å²) < 4.78 is 1.000. The van der Waals surface area contributed by atoms with Gasteiger partial charge in [0.15, 0.2) is 0 Å². The van der Waals surface area contributed by atoms with Crippen molar-refractivity contribution in [1.82, 2.24) is 0 Å². The third-order valence-electron chi connectivity index (χ3n) is 2.86. The Balaban J connectivity index is 2.31. The molecule has 1 atom stereocenters. The molecule has 0 saturated heterocycles. The molecular formula is C15H13Br2Cl. The number of aryl methyl sites for hydroxylation is 1. The molecule has 18 heavy (non-hydrogen) atoms. The molecule has 0 N–H and O–H groups in total. The third-order valence-corrected chi connectivity index (χ3v) is 4.59. The van der Waals surface area contributed by atoms with Crippen LogP contribution in [0.3, 0.4) is 0 Å². The van der Waals surface area contributed by atoms with Gasteiger partial charge in [-0.15, -0.1) is 0 Å². The lowest BCUT2D eigenvalue weighted by Crippen LogP contribution is -1.93. The van der Waals surface area contributed by atoms with Gasteiger partial charge in [-0.05, 0) is 41.3 Å². The van der Waals surface area contributed by atoms with Crippen molar-refractivity contribution in [3.63, 3.8) is 0 Å². The molecule has 2 aromatic rings. The lowest BCUT2D eigenvalue weighted by Gasteiger charge is -2.12. The van der Waals surface area contributed by atoms with Crippen LogP contribution in [-0.2, 0) is 6.42 Å². The van der Waals surface area contributed by atoms with E-state index in [4.69, 9.17) is 11.6 Å². The van der Waals surface area contributed by atoms with Crippen LogP contribution >= 0.6 is 43.5 Å². The summed E-state index contributed by atoms with van der Waals surface area (Å²) in [6.07, 6.45) is 1.07. The van der Waals surface area contributed by atoms with E-state index in [1.54, 1.807) is 0 Å². The third kappa shape index (κ3) is 3.37. The molecule has 0 bridgehead atoms. The van der Waals surface area contributed by atoms with Crippen molar-refractivity contribution in [2.24, 2.45) is 0 Å². The van der Waals surface area contributed by atoms with E-state index in [0.717, 1.165) is 21.5 Å². The number of benzene rings is 2. The monoisotopic (exact) mass is 386 g/mol. The van der Waals surface area contributed by atoms with Gasteiger partial charge in [-0.2, -0.15) is 0 Å². The van der Waals surface area contributed by atoms with E-state index < -0.39 is 0 Å². The summed E-state index contributed by atoms with van der Waals surface area (Å²) in [6.45, 7) is 2.16. The first-order valence-electron chi connectivity index (χ1n) is 5.79. The van der Waals surface area contributed by atoms with E-state index in [0.29, 0.717) is 0 Å². The molecule has 2 aromatic carbocycles. The van der Waals surface area contributed by atoms with Gasteiger partial charge in [0.05, 0.1) is 4.83 Å². The Hall–Kier alpha value is -0.310. The van der Waals surface area contributed by atoms with E-state index in [2.05, 4.69) is 69.1 Å². The number of halogens is 3. The van der Waals surface area contributed by atoms with Gasteiger partial charge in [0, 0.05) is 9.50 Å². The second kappa shape index (κ2) is 6.23. The summed E-state index contributed by atoms with van der Waals surface area (Å²) >= 11 is 13.3. The van der Waals surface area contributed by atoms with Gasteiger partial charge >= 0.3 is 0 Å². The number of hydrogen-bond acceptors (Lipinski definition) is 0. The molecule has 0 fully saturated rings. The van der Waals surface area contributed by atoms with Gasteiger partial charge in [-0.1, -0.05) is 74.7 Å². The summed E-state index contributed by atoms with van der Waals surface area (Å²) in [6, 6.07) is 14.6. The molecule has 0 amide bonds. The average Bonchev–Trinajstić information content (AvgIpc) is 2.37. The number of hydrogen-bond donors (Lipinski definition) is 0. The van der Waals surface area contributed by atoms with Crippen LogP contribution in [0.1, 0.15) is 28.4 Å². The molecule has 0 aliphatic heterocycles. The zero-order chi connectivity index (χ0) is 13.1. The van der Waals surface area contributed by atoms with Crippen LogP contribution in [0, 0.1) is 0 Å². The quantitative estimate of drug-likeness (QED) is 0.553. The van der Waals surface area contributed by atoms with Crippen LogP contribution in [0.5, 0.6) is 0 Å². The predicted molar refractivity (Wildman–Crippen MR) is 85.7 cm³/mol. The Bertz CT molecular complexity index is 514. The minimum atomic E-state index is 0.165. The van der Waals surface area contributed by atoms with Crippen molar-refractivity contribution in [3.8, 4) is 0 Å². The molecule has 0 spiro atoms. The molecule has 0 aliphatic carbocycles. The van der Waals surface area contributed by atoms with E-state index in [1.807, 2.05) is 12.1 Å². The topological polar surface area (TPSA) is 0 Å². The fraction of sp³-hybridized carbons (Fsp3) is 0.200. The first-order chi connectivity index (χ1) is 8.60. The van der Waals surface area contributed by atoms with Crippen LogP contribution in [0.15, 0.2) is 46.9 Å². The van der Waals surface area contributed by atoms with E-state index >= 15 is 0 Å². The maximum absolute atomic E-state index is 6.08. The van der Waals surface area contributed by atoms with E-state index in [9.17, 15) is 0 Å². The number of alkyl halides is 1. The smallest absolute Gasteiger partial charge is 0.0645 e. The van der Waals surface area contributed by atoms with Crippen LogP contribution in [0.25, 0.3) is 0 Å². The largest absolute Gasteiger partial charge is 0.0843 e. The zero-order valence-electron chi connectivity index (χ0n) is 9.96. The Morgan fingerprint density at radius 1 is 1.06 bits per heavy atom. The second-order valence-electron chi connectivity index (χ2n) is 4.16. The van der Waals surface area contributed by atoms with Crippen molar-refractivity contribution in [3.05, 3.63) is 68.7 Å². The molecule has 94 valence electrons. The van der Waals surface area contributed by atoms with Crippen LogP contribution in [0.4, 0.5) is 0 Å². The van der Waals surface area contributed by atoms with Gasteiger partial charge in [0.2, 0.25) is 0 Å². The summed E-state index contributed by atoms with van der Waals surface area (Å²) in [4.78, 5) is 0.165. The average molecular weight is 389 g/mol. The molecule has 0 radical (unpaired) electrons. The molecule has 1 unspecified atom stereocenters. The van der Waals surface area contributed by atoms with E-state index in [1.165, 1.54) is 11.1 Å². The van der Waals surface area contributed by atoms with E-state index in [-0.39, 0.29) is 4.83 Å². The Morgan fingerprint density at radius 2 is 1.72 bits per heavy atom. The molecule has 0 nitrogen and oxygen atoms in total. The van der Waals surface area contributed by atoms with Crippen molar-refractivity contribution >= 4 is 43.5 Å². The summed E-state index contributed by atoms with van der Waals surface area (Å²) in [5, 5.41) is 0.744. The molecule has 0 aliphatic rings. The number of rotatable bonds is 3. The van der Waals surface area contributed by atoms with Gasteiger partial charge in [0.1, 0.15) is 0 Å². The van der Waals surface area contributed by atoms with Gasteiger partial charge in [-0.3, -0.25) is 0 Å². The molecular weight excluding hydrogens is 375 g/mol. The van der Waals surface area contributed by atoms with Crippen LogP contribution < -0.4 is 0 Å². The molecule has 2 rings (SSSR count). The highest BCUT2D eigenvalue weighted by atomic mass is 79.9. The fourth-order valence-electron chi connectivity index (χ4n) is 1.84. The van der Waals surface area contributed by atoms with Crippen LogP contribution in [0.2, 0.25) is 5.02 Å². The molecule has 0 aromatic heterocycles. The highest BCUT2D eigenvalue weighted by Crippen LogP contribution is 2.34. The first kappa shape index (κ1) is 14.1.